The van der Waals surface area contributed by atoms with Crippen LogP contribution < -0.4 is 4.90 Å². The van der Waals surface area contributed by atoms with Crippen LogP contribution in [0.1, 0.15) is 41.7 Å². The molecule has 0 N–H and O–H groups in total. The largest absolute Gasteiger partial charge is 0.301 e. The molecule has 0 saturated carbocycles. The van der Waals surface area contributed by atoms with Gasteiger partial charge in [-0.2, -0.15) is 15.2 Å². The van der Waals surface area contributed by atoms with Crippen LogP contribution in [-0.4, -0.2) is 26.2 Å². The van der Waals surface area contributed by atoms with Crippen LogP contribution in [0.15, 0.2) is 138 Å². The van der Waals surface area contributed by atoms with E-state index in [-0.39, 0.29) is 16.7 Å². The fourth-order valence-corrected chi connectivity index (χ4v) is 9.87. The molecular formula is C43H29N5S. The van der Waals surface area contributed by atoms with Crippen molar-refractivity contribution in [3.05, 3.63) is 161 Å². The number of allylic oxidation sites excluding steroid dienone is 2. The molecule has 0 saturated heterocycles. The van der Waals surface area contributed by atoms with Crippen molar-refractivity contribution < 1.29 is 0 Å². The van der Waals surface area contributed by atoms with Crippen molar-refractivity contribution in [2.45, 2.75) is 35.4 Å². The average molecular weight is 648 g/mol. The monoisotopic (exact) mass is 647 g/mol. The van der Waals surface area contributed by atoms with Gasteiger partial charge in [-0.25, -0.2) is 4.98 Å². The van der Waals surface area contributed by atoms with Crippen molar-refractivity contribution >= 4 is 40.1 Å². The second-order valence-corrected chi connectivity index (χ2v) is 14.6. The third-order valence-corrected chi connectivity index (χ3v) is 11.8. The van der Waals surface area contributed by atoms with Crippen LogP contribution in [-0.2, 0) is 5.41 Å². The lowest BCUT2D eigenvalue weighted by atomic mass is 9.72. The van der Waals surface area contributed by atoms with Gasteiger partial charge in [0.1, 0.15) is 0 Å². The minimum atomic E-state index is -0.204. The van der Waals surface area contributed by atoms with Crippen LogP contribution in [0.5, 0.6) is 0 Å². The van der Waals surface area contributed by atoms with E-state index < -0.39 is 0 Å². The van der Waals surface area contributed by atoms with E-state index in [2.05, 4.69) is 97.6 Å². The van der Waals surface area contributed by atoms with Crippen molar-refractivity contribution in [2.24, 2.45) is 0 Å². The Kier molecular flexibility index (Phi) is 5.98. The summed E-state index contributed by atoms with van der Waals surface area (Å²) in [5.74, 6) is 1.82. The molecule has 4 aliphatic rings. The topological polar surface area (TPSA) is 65.7 Å². The molecule has 2 aliphatic heterocycles. The molecule has 0 spiro atoms. The zero-order valence-corrected chi connectivity index (χ0v) is 27.7. The van der Waals surface area contributed by atoms with Gasteiger partial charge in [0.15, 0.2) is 11.6 Å². The van der Waals surface area contributed by atoms with Gasteiger partial charge >= 0.3 is 0 Å². The number of nitrogens with zero attached hydrogens (tertiary/aromatic N) is 5. The van der Waals surface area contributed by atoms with E-state index >= 15 is 0 Å². The number of benzene rings is 5. The van der Waals surface area contributed by atoms with E-state index in [1.807, 2.05) is 66.4 Å². The first-order chi connectivity index (χ1) is 24.0. The third-order valence-electron chi connectivity index (χ3n) is 10.5. The Morgan fingerprint density at radius 3 is 2.04 bits per heavy atom. The first kappa shape index (κ1) is 28.3. The number of para-hydroxylation sites is 1. The van der Waals surface area contributed by atoms with E-state index in [1.165, 1.54) is 49.4 Å². The molecule has 2 aliphatic carbocycles. The predicted molar refractivity (Wildman–Crippen MR) is 197 cm³/mol. The van der Waals surface area contributed by atoms with Gasteiger partial charge in [0.05, 0.1) is 28.6 Å². The normalized spacial score (nSPS) is 19.1. The van der Waals surface area contributed by atoms with Crippen LogP contribution in [0.3, 0.4) is 0 Å². The Labute approximate surface area is 289 Å². The first-order valence-corrected chi connectivity index (χ1v) is 17.5. The Morgan fingerprint density at radius 1 is 0.653 bits per heavy atom. The molecule has 3 heterocycles. The fraction of sp³-hybridized carbons (Fsp3) is 0.116. The van der Waals surface area contributed by atoms with Gasteiger partial charge in [-0.3, -0.25) is 0 Å². The predicted octanol–water partition coefficient (Wildman–Crippen LogP) is 9.74. The number of aromatic nitrogens is 3. The Hall–Kier alpha value is -5.77. The van der Waals surface area contributed by atoms with Gasteiger partial charge < -0.3 is 4.90 Å². The second-order valence-electron chi connectivity index (χ2n) is 13.5. The van der Waals surface area contributed by atoms with Crippen LogP contribution in [0.4, 0.5) is 11.6 Å². The quantitative estimate of drug-likeness (QED) is 0.191. The maximum atomic E-state index is 9.47. The number of anilines is 2. The molecule has 0 fully saturated rings. The minimum absolute atomic E-state index is 0.0445. The van der Waals surface area contributed by atoms with Crippen molar-refractivity contribution in [2.75, 3.05) is 4.90 Å². The zero-order chi connectivity index (χ0) is 32.9. The van der Waals surface area contributed by atoms with Crippen molar-refractivity contribution in [1.29, 1.82) is 5.26 Å². The highest BCUT2D eigenvalue weighted by atomic mass is 32.2. The number of rotatable bonds is 3. The molecule has 5 aromatic carbocycles. The van der Waals surface area contributed by atoms with E-state index in [0.29, 0.717) is 23.2 Å². The maximum Gasteiger partial charge on any atom is 0.234 e. The molecule has 6 aromatic rings. The summed E-state index contributed by atoms with van der Waals surface area (Å²) in [6, 6.07) is 46.4. The summed E-state index contributed by atoms with van der Waals surface area (Å²) in [5, 5.41) is 9.59. The van der Waals surface area contributed by atoms with Crippen molar-refractivity contribution in [1.82, 2.24) is 15.0 Å². The molecule has 0 amide bonds. The number of hydrogen-bond donors (Lipinski definition) is 0. The van der Waals surface area contributed by atoms with E-state index in [4.69, 9.17) is 15.0 Å². The fourth-order valence-electron chi connectivity index (χ4n) is 8.38. The van der Waals surface area contributed by atoms with Crippen LogP contribution in [0, 0.1) is 11.3 Å². The molecule has 5 nitrogen and oxygen atoms in total. The summed E-state index contributed by atoms with van der Waals surface area (Å²) in [4.78, 5) is 19.2. The first-order valence-electron chi connectivity index (χ1n) is 16.6. The highest BCUT2D eigenvalue weighted by Gasteiger charge is 2.55. The van der Waals surface area contributed by atoms with Crippen molar-refractivity contribution in [3.63, 3.8) is 0 Å². The van der Waals surface area contributed by atoms with Gasteiger partial charge in [-0.1, -0.05) is 105 Å². The number of nitriles is 1. The van der Waals surface area contributed by atoms with E-state index in [1.54, 1.807) is 0 Å². The van der Waals surface area contributed by atoms with Crippen molar-refractivity contribution in [3.8, 4) is 28.8 Å². The van der Waals surface area contributed by atoms with Gasteiger partial charge in [0, 0.05) is 27.0 Å². The molecule has 6 heteroatoms. The number of thioether (sulfide) groups is 1. The van der Waals surface area contributed by atoms with E-state index in [9.17, 15) is 5.26 Å². The molecule has 0 radical (unpaired) electrons. The van der Waals surface area contributed by atoms with Crippen LogP contribution >= 0.6 is 11.8 Å². The van der Waals surface area contributed by atoms with Gasteiger partial charge in [0.25, 0.3) is 0 Å². The molecule has 1 aromatic heterocycles. The maximum absolute atomic E-state index is 9.47. The molecule has 0 bridgehead atoms. The van der Waals surface area contributed by atoms with Gasteiger partial charge in [-0.05, 0) is 75.4 Å². The highest BCUT2D eigenvalue weighted by molar-refractivity contribution is 8.01. The minimum Gasteiger partial charge on any atom is -0.301 e. The third kappa shape index (κ3) is 3.97. The second kappa shape index (κ2) is 10.4. The Morgan fingerprint density at radius 2 is 1.29 bits per heavy atom. The number of fused-ring (bicyclic) bond motifs is 10. The lowest BCUT2D eigenvalue weighted by molar-refractivity contribution is 0.655. The lowest BCUT2D eigenvalue weighted by Gasteiger charge is -2.38. The van der Waals surface area contributed by atoms with Crippen LogP contribution in [0.25, 0.3) is 39.5 Å². The van der Waals surface area contributed by atoms with Gasteiger partial charge in [0.2, 0.25) is 5.95 Å². The van der Waals surface area contributed by atoms with E-state index in [0.717, 1.165) is 16.8 Å². The molecule has 232 valence electrons. The zero-order valence-electron chi connectivity index (χ0n) is 26.9. The molecule has 2 atom stereocenters. The Bertz CT molecular complexity index is 2470. The SMILES string of the molecule is CC1(C)C2=C3c4ccccc4N(c4nc(-c5ccccc5)nc(-c5ccc(C#N)cc5)n4)C3C3Sc4ccccc4C3=C2c2ccccc21. The summed E-state index contributed by atoms with van der Waals surface area (Å²) in [6.45, 7) is 4.77. The molecule has 2 unspecified atom stereocenters. The standard InChI is InChI=1S/C43H29N5S/c1-43(2)31-17-9-6-14-28(31)34-35-30-16-8-11-19-33(30)49-39(35)38-36(37(34)43)29-15-7-10-18-32(29)48(38)42-46-40(26-12-4-3-5-13-26)45-41(47-42)27-22-20-25(24-44)21-23-27/h3-23,38-39H,1-2H3. The average Bonchev–Trinajstić information content (AvgIpc) is 3.78. The summed E-state index contributed by atoms with van der Waals surface area (Å²) in [5.41, 5.74) is 14.1. The molecule has 49 heavy (non-hydrogen) atoms. The summed E-state index contributed by atoms with van der Waals surface area (Å²) in [6.07, 6.45) is 0. The summed E-state index contributed by atoms with van der Waals surface area (Å²) in [7, 11) is 0. The lowest BCUT2D eigenvalue weighted by Crippen LogP contribution is -2.40. The molecule has 10 rings (SSSR count). The Balaban J connectivity index is 1.27. The highest BCUT2D eigenvalue weighted by Crippen LogP contribution is 2.66. The smallest absolute Gasteiger partial charge is 0.234 e. The summed E-state index contributed by atoms with van der Waals surface area (Å²) >= 11 is 1.96. The van der Waals surface area contributed by atoms with Gasteiger partial charge in [-0.15, -0.1) is 11.8 Å². The number of hydrogen-bond acceptors (Lipinski definition) is 6. The molecular weight excluding hydrogens is 619 g/mol. The summed E-state index contributed by atoms with van der Waals surface area (Å²) < 4.78 is 0. The van der Waals surface area contributed by atoms with Crippen LogP contribution in [0.2, 0.25) is 0 Å².